The summed E-state index contributed by atoms with van der Waals surface area (Å²) in [5.74, 6) is -2.11. The molecule has 21 heavy (non-hydrogen) atoms. The first-order valence-electron chi connectivity index (χ1n) is 6.45. The summed E-state index contributed by atoms with van der Waals surface area (Å²) in [4.78, 5) is 29.4. The van der Waals surface area contributed by atoms with Gasteiger partial charge in [-0.15, -0.1) is 0 Å². The largest absolute Gasteiger partial charge is 0.471 e. The number of nitrogens with zero attached hydrogens (tertiary/aromatic N) is 3. The molecule has 1 aromatic rings. The Hall–Kier alpha value is -2.12. The van der Waals surface area contributed by atoms with Gasteiger partial charge >= 0.3 is 12.1 Å². The van der Waals surface area contributed by atoms with Crippen LogP contribution in [0.1, 0.15) is 16.8 Å². The van der Waals surface area contributed by atoms with Crippen LogP contribution < -0.4 is 0 Å². The molecule has 114 valence electrons. The molecular weight excluding hydrogens is 287 g/mol. The smallest absolute Gasteiger partial charge is 0.337 e. The molecule has 0 atom stereocenters. The van der Waals surface area contributed by atoms with Crippen molar-refractivity contribution in [2.45, 2.75) is 12.6 Å². The number of hydrogen-bond acceptors (Lipinski definition) is 3. The number of hydrogen-bond donors (Lipinski definition) is 0. The van der Waals surface area contributed by atoms with E-state index < -0.39 is 12.1 Å². The van der Waals surface area contributed by atoms with Gasteiger partial charge in [-0.1, -0.05) is 0 Å². The van der Waals surface area contributed by atoms with E-state index in [0.717, 1.165) is 4.90 Å². The van der Waals surface area contributed by atoms with Crippen LogP contribution in [0.25, 0.3) is 0 Å². The predicted octanol–water partition coefficient (Wildman–Crippen LogP) is 1.32. The van der Waals surface area contributed by atoms with Gasteiger partial charge in [0.2, 0.25) is 0 Å². The Morgan fingerprint density at radius 1 is 1.00 bits per heavy atom. The fourth-order valence-corrected chi connectivity index (χ4v) is 2.18. The van der Waals surface area contributed by atoms with E-state index in [1.165, 1.54) is 17.3 Å². The maximum absolute atomic E-state index is 12.4. The Bertz CT molecular complexity index is 519. The maximum atomic E-state index is 12.4. The zero-order valence-electron chi connectivity index (χ0n) is 11.1. The molecule has 0 aliphatic carbocycles. The van der Waals surface area contributed by atoms with E-state index in [0.29, 0.717) is 18.5 Å². The lowest BCUT2D eigenvalue weighted by Crippen LogP contribution is -2.43. The van der Waals surface area contributed by atoms with Crippen LogP contribution >= 0.6 is 0 Å². The number of carbonyl (C=O) groups excluding carboxylic acids is 2. The number of carbonyl (C=O) groups is 2. The Kier molecular flexibility index (Phi) is 4.44. The predicted molar refractivity (Wildman–Crippen MR) is 67.4 cm³/mol. The lowest BCUT2D eigenvalue weighted by atomic mass is 10.2. The van der Waals surface area contributed by atoms with Crippen molar-refractivity contribution in [2.24, 2.45) is 0 Å². The van der Waals surface area contributed by atoms with Crippen LogP contribution in [0.4, 0.5) is 13.2 Å². The second-order valence-electron chi connectivity index (χ2n) is 4.67. The molecule has 1 fully saturated rings. The molecule has 0 unspecified atom stereocenters. The third kappa shape index (κ3) is 3.71. The van der Waals surface area contributed by atoms with Crippen LogP contribution in [-0.4, -0.2) is 59.0 Å². The van der Waals surface area contributed by atoms with Crippen molar-refractivity contribution >= 4 is 11.8 Å². The van der Waals surface area contributed by atoms with E-state index in [1.54, 1.807) is 12.1 Å². The SMILES string of the molecule is O=C(c1ccncc1)N1CCCN(C(=O)C(F)(F)F)CC1. The minimum atomic E-state index is -4.87. The van der Waals surface area contributed by atoms with Gasteiger partial charge in [-0.25, -0.2) is 0 Å². The zero-order valence-corrected chi connectivity index (χ0v) is 11.1. The van der Waals surface area contributed by atoms with Gasteiger partial charge in [-0.05, 0) is 18.6 Å². The van der Waals surface area contributed by atoms with Gasteiger partial charge in [0.15, 0.2) is 0 Å². The molecule has 1 saturated heterocycles. The van der Waals surface area contributed by atoms with Gasteiger partial charge in [-0.2, -0.15) is 13.2 Å². The second-order valence-corrected chi connectivity index (χ2v) is 4.67. The first-order chi connectivity index (χ1) is 9.89. The van der Waals surface area contributed by atoms with Crippen molar-refractivity contribution in [1.82, 2.24) is 14.8 Å². The van der Waals surface area contributed by atoms with Crippen LogP contribution in [-0.2, 0) is 4.79 Å². The molecule has 1 aliphatic heterocycles. The number of pyridine rings is 1. The topological polar surface area (TPSA) is 53.5 Å². The first-order valence-corrected chi connectivity index (χ1v) is 6.45. The molecule has 1 aliphatic rings. The molecule has 1 aromatic heterocycles. The van der Waals surface area contributed by atoms with Gasteiger partial charge in [0.25, 0.3) is 5.91 Å². The van der Waals surface area contributed by atoms with E-state index in [1.807, 2.05) is 0 Å². The Labute approximate surface area is 119 Å². The average molecular weight is 301 g/mol. The van der Waals surface area contributed by atoms with Crippen molar-refractivity contribution in [2.75, 3.05) is 26.2 Å². The first kappa shape index (κ1) is 15.3. The van der Waals surface area contributed by atoms with Crippen LogP contribution in [0.15, 0.2) is 24.5 Å². The quantitative estimate of drug-likeness (QED) is 0.786. The molecule has 0 bridgehead atoms. The number of amides is 2. The molecule has 8 heteroatoms. The number of halogens is 3. The summed E-state index contributed by atoms with van der Waals surface area (Å²) in [6, 6.07) is 3.09. The van der Waals surface area contributed by atoms with Gasteiger partial charge in [0.05, 0.1) is 0 Å². The summed E-state index contributed by atoms with van der Waals surface area (Å²) < 4.78 is 37.2. The van der Waals surface area contributed by atoms with E-state index >= 15 is 0 Å². The van der Waals surface area contributed by atoms with Crippen LogP contribution in [0.5, 0.6) is 0 Å². The Morgan fingerprint density at radius 3 is 2.19 bits per heavy atom. The van der Waals surface area contributed by atoms with Crippen molar-refractivity contribution in [3.63, 3.8) is 0 Å². The van der Waals surface area contributed by atoms with Crippen molar-refractivity contribution in [3.8, 4) is 0 Å². The van der Waals surface area contributed by atoms with Crippen LogP contribution in [0, 0.1) is 0 Å². The van der Waals surface area contributed by atoms with E-state index in [4.69, 9.17) is 0 Å². The maximum Gasteiger partial charge on any atom is 0.471 e. The summed E-state index contributed by atoms with van der Waals surface area (Å²) in [6.07, 6.45) is -1.60. The summed E-state index contributed by atoms with van der Waals surface area (Å²) in [7, 11) is 0. The normalized spacial score (nSPS) is 16.5. The summed E-state index contributed by atoms with van der Waals surface area (Å²) >= 11 is 0. The lowest BCUT2D eigenvalue weighted by molar-refractivity contribution is -0.185. The van der Waals surface area contributed by atoms with Gasteiger partial charge < -0.3 is 9.80 Å². The molecule has 0 saturated carbocycles. The monoisotopic (exact) mass is 301 g/mol. The molecule has 2 amide bonds. The highest BCUT2D eigenvalue weighted by atomic mass is 19.4. The number of alkyl halides is 3. The highest BCUT2D eigenvalue weighted by Gasteiger charge is 2.42. The third-order valence-corrected chi connectivity index (χ3v) is 3.24. The summed E-state index contributed by atoms with van der Waals surface area (Å²) in [6.45, 7) is 0.291. The fraction of sp³-hybridized carbons (Fsp3) is 0.462. The van der Waals surface area contributed by atoms with E-state index in [9.17, 15) is 22.8 Å². The highest BCUT2D eigenvalue weighted by Crippen LogP contribution is 2.19. The standard InChI is InChI=1S/C13H14F3N3O2/c14-13(15,16)12(21)19-7-1-6-18(8-9-19)11(20)10-2-4-17-5-3-10/h2-5H,1,6-9H2. The molecule has 0 radical (unpaired) electrons. The Balaban J connectivity index is 2.01. The fourth-order valence-electron chi connectivity index (χ4n) is 2.18. The van der Waals surface area contributed by atoms with Gasteiger partial charge in [0, 0.05) is 44.1 Å². The summed E-state index contributed by atoms with van der Waals surface area (Å²) in [5.41, 5.74) is 0.431. The van der Waals surface area contributed by atoms with Crippen LogP contribution in [0.2, 0.25) is 0 Å². The molecule has 0 aromatic carbocycles. The van der Waals surface area contributed by atoms with Crippen molar-refractivity contribution < 1.29 is 22.8 Å². The molecule has 0 spiro atoms. The molecule has 2 heterocycles. The average Bonchev–Trinajstić information content (AvgIpc) is 2.71. The van der Waals surface area contributed by atoms with Gasteiger partial charge in [-0.3, -0.25) is 14.6 Å². The number of rotatable bonds is 1. The lowest BCUT2D eigenvalue weighted by Gasteiger charge is -2.22. The van der Waals surface area contributed by atoms with E-state index in [2.05, 4.69) is 4.98 Å². The van der Waals surface area contributed by atoms with E-state index in [-0.39, 0.29) is 25.5 Å². The Morgan fingerprint density at radius 2 is 1.57 bits per heavy atom. The number of aromatic nitrogens is 1. The van der Waals surface area contributed by atoms with Gasteiger partial charge in [0.1, 0.15) is 0 Å². The molecule has 0 N–H and O–H groups in total. The zero-order chi connectivity index (χ0) is 15.5. The highest BCUT2D eigenvalue weighted by molar-refractivity contribution is 5.94. The van der Waals surface area contributed by atoms with Crippen molar-refractivity contribution in [1.29, 1.82) is 0 Å². The molecular formula is C13H14F3N3O2. The second kappa shape index (κ2) is 6.11. The molecule has 5 nitrogen and oxygen atoms in total. The third-order valence-electron chi connectivity index (χ3n) is 3.24. The van der Waals surface area contributed by atoms with Crippen LogP contribution in [0.3, 0.4) is 0 Å². The van der Waals surface area contributed by atoms with Crippen molar-refractivity contribution in [3.05, 3.63) is 30.1 Å². The summed E-state index contributed by atoms with van der Waals surface area (Å²) in [5, 5.41) is 0. The minimum absolute atomic E-state index is 0.00152. The minimum Gasteiger partial charge on any atom is -0.337 e. The molecule has 2 rings (SSSR count).